The molecular formula is C21H19FN4O2. The van der Waals surface area contributed by atoms with Crippen LogP contribution in [0.15, 0.2) is 54.9 Å². The third kappa shape index (κ3) is 3.11. The zero-order valence-electron chi connectivity index (χ0n) is 15.5. The molecular weight excluding hydrogens is 359 g/mol. The van der Waals surface area contributed by atoms with Crippen molar-refractivity contribution in [3.63, 3.8) is 0 Å². The Morgan fingerprint density at radius 2 is 1.86 bits per heavy atom. The van der Waals surface area contributed by atoms with Crippen LogP contribution in [-0.2, 0) is 6.42 Å². The highest BCUT2D eigenvalue weighted by atomic mass is 19.1. The van der Waals surface area contributed by atoms with E-state index in [1.165, 1.54) is 12.1 Å². The fourth-order valence-corrected chi connectivity index (χ4v) is 3.19. The van der Waals surface area contributed by atoms with Crippen molar-refractivity contribution < 1.29 is 13.9 Å². The van der Waals surface area contributed by atoms with Crippen LogP contribution in [0.2, 0.25) is 0 Å². The van der Waals surface area contributed by atoms with E-state index in [9.17, 15) is 4.39 Å². The van der Waals surface area contributed by atoms with Crippen molar-refractivity contribution in [2.45, 2.75) is 6.42 Å². The summed E-state index contributed by atoms with van der Waals surface area (Å²) in [6, 6.07) is 12.0. The van der Waals surface area contributed by atoms with Crippen LogP contribution in [0.25, 0.3) is 16.8 Å². The van der Waals surface area contributed by atoms with Crippen molar-refractivity contribution in [2.24, 2.45) is 0 Å². The van der Waals surface area contributed by atoms with E-state index in [-0.39, 0.29) is 5.82 Å². The first kappa shape index (κ1) is 17.8. The molecule has 0 aliphatic carbocycles. The molecule has 7 heteroatoms. The number of anilines is 1. The van der Waals surface area contributed by atoms with Gasteiger partial charge in [0.2, 0.25) is 0 Å². The number of ether oxygens (including phenoxy) is 2. The maximum absolute atomic E-state index is 13.4. The summed E-state index contributed by atoms with van der Waals surface area (Å²) < 4.78 is 25.7. The van der Waals surface area contributed by atoms with Gasteiger partial charge in [0.05, 0.1) is 20.4 Å². The number of methoxy groups -OCH3 is 2. The monoisotopic (exact) mass is 378 g/mol. The molecule has 142 valence electrons. The zero-order valence-corrected chi connectivity index (χ0v) is 15.5. The SMILES string of the molecule is COc1ccc(-c2cnn3c(N)c(Cc4cccc(F)c4)cnc23)cc1OC. The summed E-state index contributed by atoms with van der Waals surface area (Å²) in [6.07, 6.45) is 3.89. The molecule has 0 saturated heterocycles. The molecule has 4 rings (SSSR count). The first-order valence-corrected chi connectivity index (χ1v) is 8.68. The third-order valence-electron chi connectivity index (χ3n) is 4.62. The van der Waals surface area contributed by atoms with E-state index in [1.807, 2.05) is 24.3 Å². The molecule has 0 aliphatic heterocycles. The van der Waals surface area contributed by atoms with Crippen LogP contribution in [0.1, 0.15) is 11.1 Å². The number of aromatic nitrogens is 3. The van der Waals surface area contributed by atoms with Crippen LogP contribution in [0.4, 0.5) is 10.2 Å². The van der Waals surface area contributed by atoms with Crippen LogP contribution in [0.5, 0.6) is 11.5 Å². The first-order valence-electron chi connectivity index (χ1n) is 8.68. The van der Waals surface area contributed by atoms with Gasteiger partial charge in [0.25, 0.3) is 0 Å². The highest BCUT2D eigenvalue weighted by molar-refractivity contribution is 5.79. The average Bonchev–Trinajstić information content (AvgIpc) is 3.14. The Bertz CT molecular complexity index is 1160. The number of benzene rings is 2. The van der Waals surface area contributed by atoms with Crippen molar-refractivity contribution >= 4 is 11.5 Å². The third-order valence-corrected chi connectivity index (χ3v) is 4.62. The molecule has 2 heterocycles. The highest BCUT2D eigenvalue weighted by Gasteiger charge is 2.15. The smallest absolute Gasteiger partial charge is 0.165 e. The van der Waals surface area contributed by atoms with Crippen molar-refractivity contribution in [1.82, 2.24) is 14.6 Å². The van der Waals surface area contributed by atoms with E-state index in [0.29, 0.717) is 29.4 Å². The number of hydrogen-bond acceptors (Lipinski definition) is 5. The molecule has 28 heavy (non-hydrogen) atoms. The molecule has 0 spiro atoms. The summed E-state index contributed by atoms with van der Waals surface area (Å²) in [5, 5.41) is 4.40. The molecule has 0 radical (unpaired) electrons. The highest BCUT2D eigenvalue weighted by Crippen LogP contribution is 2.34. The van der Waals surface area contributed by atoms with Crippen molar-refractivity contribution in [1.29, 1.82) is 0 Å². The second-order valence-corrected chi connectivity index (χ2v) is 6.34. The van der Waals surface area contributed by atoms with Gasteiger partial charge in [0.1, 0.15) is 11.6 Å². The average molecular weight is 378 g/mol. The van der Waals surface area contributed by atoms with Gasteiger partial charge >= 0.3 is 0 Å². The van der Waals surface area contributed by atoms with Crippen LogP contribution >= 0.6 is 0 Å². The van der Waals surface area contributed by atoms with Gasteiger partial charge in [-0.05, 0) is 35.4 Å². The number of halogens is 1. The summed E-state index contributed by atoms with van der Waals surface area (Å²) in [5.41, 5.74) is 10.3. The Hall–Kier alpha value is -3.61. The van der Waals surface area contributed by atoms with Crippen LogP contribution < -0.4 is 15.2 Å². The van der Waals surface area contributed by atoms with E-state index >= 15 is 0 Å². The maximum Gasteiger partial charge on any atom is 0.165 e. The van der Waals surface area contributed by atoms with Crippen LogP contribution in [0.3, 0.4) is 0 Å². The summed E-state index contributed by atoms with van der Waals surface area (Å²) in [6.45, 7) is 0. The number of nitrogens with zero attached hydrogens (tertiary/aromatic N) is 3. The molecule has 2 aromatic carbocycles. The summed E-state index contributed by atoms with van der Waals surface area (Å²) in [4.78, 5) is 4.55. The topological polar surface area (TPSA) is 74.7 Å². The summed E-state index contributed by atoms with van der Waals surface area (Å²) in [7, 11) is 3.18. The minimum Gasteiger partial charge on any atom is -0.493 e. The van der Waals surface area contributed by atoms with Gasteiger partial charge in [0.15, 0.2) is 17.1 Å². The molecule has 6 nitrogen and oxygen atoms in total. The maximum atomic E-state index is 13.4. The summed E-state index contributed by atoms with van der Waals surface area (Å²) in [5.74, 6) is 1.46. The first-order chi connectivity index (χ1) is 13.6. The van der Waals surface area contributed by atoms with Gasteiger partial charge in [0, 0.05) is 23.7 Å². The molecule has 0 saturated carbocycles. The number of hydrogen-bond donors (Lipinski definition) is 1. The second-order valence-electron chi connectivity index (χ2n) is 6.34. The van der Waals surface area contributed by atoms with Gasteiger partial charge < -0.3 is 15.2 Å². The molecule has 0 atom stereocenters. The van der Waals surface area contributed by atoms with E-state index in [0.717, 1.165) is 22.3 Å². The lowest BCUT2D eigenvalue weighted by Crippen LogP contribution is -2.06. The Balaban J connectivity index is 1.74. The van der Waals surface area contributed by atoms with E-state index in [4.69, 9.17) is 15.2 Å². The predicted octanol–water partition coefficient (Wildman–Crippen LogP) is 3.73. The lowest BCUT2D eigenvalue weighted by molar-refractivity contribution is 0.355. The van der Waals surface area contributed by atoms with E-state index in [2.05, 4.69) is 10.1 Å². The molecule has 0 unspecified atom stereocenters. The molecule has 4 aromatic rings. The Morgan fingerprint density at radius 3 is 2.61 bits per heavy atom. The van der Waals surface area contributed by atoms with Crippen molar-refractivity contribution in [3.05, 3.63) is 71.8 Å². The quantitative estimate of drug-likeness (QED) is 0.573. The Kier molecular flexibility index (Phi) is 4.57. The van der Waals surface area contributed by atoms with E-state index in [1.54, 1.807) is 37.2 Å². The van der Waals surface area contributed by atoms with Crippen molar-refractivity contribution in [3.8, 4) is 22.6 Å². The molecule has 0 aliphatic rings. The number of fused-ring (bicyclic) bond motifs is 1. The van der Waals surface area contributed by atoms with Crippen LogP contribution in [-0.4, -0.2) is 28.8 Å². The lowest BCUT2D eigenvalue weighted by Gasteiger charge is -2.10. The molecule has 0 bridgehead atoms. The van der Waals surface area contributed by atoms with Crippen molar-refractivity contribution in [2.75, 3.05) is 20.0 Å². The zero-order chi connectivity index (χ0) is 19.7. The number of nitrogen functional groups attached to an aromatic ring is 1. The Labute approximate surface area is 161 Å². The lowest BCUT2D eigenvalue weighted by atomic mass is 10.1. The molecule has 2 N–H and O–H groups in total. The minimum absolute atomic E-state index is 0.278. The molecule has 2 aromatic heterocycles. The van der Waals surface area contributed by atoms with Gasteiger partial charge in [-0.25, -0.2) is 9.37 Å². The number of nitrogens with two attached hydrogens (primary N) is 1. The second kappa shape index (κ2) is 7.19. The molecule has 0 fully saturated rings. The van der Waals surface area contributed by atoms with Crippen LogP contribution in [0, 0.1) is 5.82 Å². The van der Waals surface area contributed by atoms with Gasteiger partial charge in [-0.2, -0.15) is 9.61 Å². The largest absolute Gasteiger partial charge is 0.493 e. The number of rotatable bonds is 5. The normalized spacial score (nSPS) is 11.0. The fourth-order valence-electron chi connectivity index (χ4n) is 3.19. The standard InChI is InChI=1S/C21H19FN4O2/c1-27-18-7-6-14(10-19(18)28-2)17-12-25-26-20(23)15(11-24-21(17)26)8-13-4-3-5-16(22)9-13/h3-7,9-12H,8,23H2,1-2H3. The van der Waals surface area contributed by atoms with Gasteiger partial charge in [-0.3, -0.25) is 0 Å². The minimum atomic E-state index is -0.278. The Morgan fingerprint density at radius 1 is 1.04 bits per heavy atom. The predicted molar refractivity (Wildman–Crippen MR) is 105 cm³/mol. The summed E-state index contributed by atoms with van der Waals surface area (Å²) >= 11 is 0. The van der Waals surface area contributed by atoms with E-state index < -0.39 is 0 Å². The van der Waals surface area contributed by atoms with Gasteiger partial charge in [-0.1, -0.05) is 18.2 Å². The molecule has 0 amide bonds. The van der Waals surface area contributed by atoms with Gasteiger partial charge in [-0.15, -0.1) is 0 Å². The fraction of sp³-hybridized carbons (Fsp3) is 0.143.